The van der Waals surface area contributed by atoms with E-state index in [1.165, 1.54) is 11.1 Å². The molecule has 0 aliphatic carbocycles. The van der Waals surface area contributed by atoms with Gasteiger partial charge in [-0.1, -0.05) is 12.1 Å². The van der Waals surface area contributed by atoms with E-state index in [0.717, 1.165) is 30.8 Å². The highest BCUT2D eigenvalue weighted by Crippen LogP contribution is 2.32. The zero-order valence-electron chi connectivity index (χ0n) is 11.0. The second-order valence-electron chi connectivity index (χ2n) is 4.73. The fraction of sp³-hybridized carbons (Fsp3) is 0.250. The number of nitrogen functional groups attached to an aromatic ring is 1. The van der Waals surface area contributed by atoms with Crippen LogP contribution in [0.1, 0.15) is 12.0 Å². The Labute approximate surface area is 113 Å². The van der Waals surface area contributed by atoms with Crippen molar-refractivity contribution in [1.29, 1.82) is 0 Å². The van der Waals surface area contributed by atoms with Crippen molar-refractivity contribution >= 4 is 5.69 Å². The molecule has 2 aromatic carbocycles. The standard InChI is InChI=1S/C16H17NO2/c1-18-16-7-5-12(10-14(16)17)11-4-6-15-13(9-11)3-2-8-19-15/h4-7,9-10H,2-3,8,17H2,1H3. The molecular weight excluding hydrogens is 238 g/mol. The molecule has 0 bridgehead atoms. The maximum atomic E-state index is 5.96. The number of fused-ring (bicyclic) bond motifs is 1. The predicted octanol–water partition coefficient (Wildman–Crippen LogP) is 3.27. The molecule has 3 heteroatoms. The van der Waals surface area contributed by atoms with Crippen LogP contribution in [0.3, 0.4) is 0 Å². The van der Waals surface area contributed by atoms with Crippen molar-refractivity contribution < 1.29 is 9.47 Å². The molecule has 3 rings (SSSR count). The number of benzene rings is 2. The van der Waals surface area contributed by atoms with Gasteiger partial charge in [-0.15, -0.1) is 0 Å². The van der Waals surface area contributed by atoms with Gasteiger partial charge in [0.2, 0.25) is 0 Å². The van der Waals surface area contributed by atoms with E-state index in [2.05, 4.69) is 12.1 Å². The summed E-state index contributed by atoms with van der Waals surface area (Å²) in [6.07, 6.45) is 2.16. The first kappa shape index (κ1) is 11.9. The topological polar surface area (TPSA) is 44.5 Å². The molecule has 0 spiro atoms. The Morgan fingerprint density at radius 1 is 1.11 bits per heavy atom. The van der Waals surface area contributed by atoms with E-state index in [1.54, 1.807) is 7.11 Å². The first-order valence-corrected chi connectivity index (χ1v) is 6.47. The van der Waals surface area contributed by atoms with E-state index in [0.29, 0.717) is 11.4 Å². The van der Waals surface area contributed by atoms with Crippen LogP contribution in [-0.4, -0.2) is 13.7 Å². The van der Waals surface area contributed by atoms with Gasteiger partial charge in [0.25, 0.3) is 0 Å². The molecule has 0 fully saturated rings. The number of ether oxygens (including phenoxy) is 2. The lowest BCUT2D eigenvalue weighted by Gasteiger charge is -2.18. The maximum Gasteiger partial charge on any atom is 0.141 e. The zero-order valence-corrected chi connectivity index (χ0v) is 11.0. The molecule has 98 valence electrons. The Morgan fingerprint density at radius 2 is 1.89 bits per heavy atom. The minimum Gasteiger partial charge on any atom is -0.495 e. The summed E-state index contributed by atoms with van der Waals surface area (Å²) in [7, 11) is 1.63. The molecule has 0 radical (unpaired) electrons. The van der Waals surface area contributed by atoms with Crippen LogP contribution in [-0.2, 0) is 6.42 Å². The molecule has 0 amide bonds. The van der Waals surface area contributed by atoms with Crippen LogP contribution in [0.15, 0.2) is 36.4 Å². The minimum atomic E-state index is 0.661. The summed E-state index contributed by atoms with van der Waals surface area (Å²) in [5.74, 6) is 1.72. The van der Waals surface area contributed by atoms with Gasteiger partial charge in [-0.3, -0.25) is 0 Å². The highest BCUT2D eigenvalue weighted by atomic mass is 16.5. The summed E-state index contributed by atoms with van der Waals surface area (Å²) >= 11 is 0. The molecule has 0 unspecified atom stereocenters. The molecule has 1 aliphatic heterocycles. The van der Waals surface area contributed by atoms with E-state index in [1.807, 2.05) is 24.3 Å². The van der Waals surface area contributed by atoms with Crippen molar-refractivity contribution in [3.63, 3.8) is 0 Å². The Hall–Kier alpha value is -2.16. The van der Waals surface area contributed by atoms with Gasteiger partial charge in [0.1, 0.15) is 11.5 Å². The number of hydrogen-bond donors (Lipinski definition) is 1. The van der Waals surface area contributed by atoms with E-state index < -0.39 is 0 Å². The average Bonchev–Trinajstić information content (AvgIpc) is 2.46. The Balaban J connectivity index is 2.00. The van der Waals surface area contributed by atoms with Crippen molar-refractivity contribution in [2.75, 3.05) is 19.5 Å². The summed E-state index contributed by atoms with van der Waals surface area (Å²) in [4.78, 5) is 0. The second-order valence-corrected chi connectivity index (χ2v) is 4.73. The van der Waals surface area contributed by atoms with Gasteiger partial charge in [0, 0.05) is 0 Å². The van der Waals surface area contributed by atoms with E-state index >= 15 is 0 Å². The van der Waals surface area contributed by atoms with Gasteiger partial charge in [-0.25, -0.2) is 0 Å². The van der Waals surface area contributed by atoms with Crippen LogP contribution < -0.4 is 15.2 Å². The van der Waals surface area contributed by atoms with Crippen molar-refractivity contribution in [2.24, 2.45) is 0 Å². The second kappa shape index (κ2) is 4.84. The summed E-state index contributed by atoms with van der Waals surface area (Å²) < 4.78 is 10.8. The molecule has 0 saturated carbocycles. The molecule has 2 aromatic rings. The third kappa shape index (κ3) is 2.24. The van der Waals surface area contributed by atoms with Gasteiger partial charge in [-0.2, -0.15) is 0 Å². The lowest BCUT2D eigenvalue weighted by Crippen LogP contribution is -2.08. The first-order valence-electron chi connectivity index (χ1n) is 6.47. The highest BCUT2D eigenvalue weighted by molar-refractivity contribution is 5.72. The molecule has 2 N–H and O–H groups in total. The normalized spacial score (nSPS) is 13.5. The first-order chi connectivity index (χ1) is 9.28. The molecule has 0 saturated heterocycles. The maximum absolute atomic E-state index is 5.96. The minimum absolute atomic E-state index is 0.661. The largest absolute Gasteiger partial charge is 0.495 e. The fourth-order valence-corrected chi connectivity index (χ4v) is 2.45. The molecule has 0 atom stereocenters. The lowest BCUT2D eigenvalue weighted by atomic mass is 9.98. The smallest absolute Gasteiger partial charge is 0.141 e. The molecule has 0 aromatic heterocycles. The van der Waals surface area contributed by atoms with Crippen molar-refractivity contribution in [3.05, 3.63) is 42.0 Å². The van der Waals surface area contributed by atoms with E-state index in [9.17, 15) is 0 Å². The summed E-state index contributed by atoms with van der Waals surface area (Å²) in [6.45, 7) is 0.821. The van der Waals surface area contributed by atoms with Crippen LogP contribution in [0.2, 0.25) is 0 Å². The molecule has 1 aliphatic rings. The zero-order chi connectivity index (χ0) is 13.2. The van der Waals surface area contributed by atoms with E-state index in [4.69, 9.17) is 15.2 Å². The number of hydrogen-bond acceptors (Lipinski definition) is 3. The van der Waals surface area contributed by atoms with Crippen LogP contribution in [0.25, 0.3) is 11.1 Å². The molecule has 19 heavy (non-hydrogen) atoms. The monoisotopic (exact) mass is 255 g/mol. The van der Waals surface area contributed by atoms with Gasteiger partial charge >= 0.3 is 0 Å². The number of methoxy groups -OCH3 is 1. The summed E-state index contributed by atoms with van der Waals surface area (Å²) in [6, 6.07) is 12.2. The third-order valence-electron chi connectivity index (χ3n) is 3.47. The summed E-state index contributed by atoms with van der Waals surface area (Å²) in [5, 5.41) is 0. The van der Waals surface area contributed by atoms with Crippen LogP contribution in [0, 0.1) is 0 Å². The van der Waals surface area contributed by atoms with Gasteiger partial charge < -0.3 is 15.2 Å². The molecule has 3 nitrogen and oxygen atoms in total. The van der Waals surface area contributed by atoms with Crippen molar-refractivity contribution in [1.82, 2.24) is 0 Å². The SMILES string of the molecule is COc1ccc(-c2ccc3c(c2)CCCO3)cc1N. The van der Waals surface area contributed by atoms with Gasteiger partial charge in [0.15, 0.2) is 0 Å². The van der Waals surface area contributed by atoms with Gasteiger partial charge in [-0.05, 0) is 53.8 Å². The van der Waals surface area contributed by atoms with Crippen LogP contribution >= 0.6 is 0 Å². The predicted molar refractivity (Wildman–Crippen MR) is 76.7 cm³/mol. The molecule has 1 heterocycles. The number of aryl methyl sites for hydroxylation is 1. The lowest BCUT2D eigenvalue weighted by molar-refractivity contribution is 0.288. The average molecular weight is 255 g/mol. The number of nitrogens with two attached hydrogens (primary N) is 1. The Kier molecular flexibility index (Phi) is 3.03. The van der Waals surface area contributed by atoms with E-state index in [-0.39, 0.29) is 0 Å². The van der Waals surface area contributed by atoms with Gasteiger partial charge in [0.05, 0.1) is 19.4 Å². The Morgan fingerprint density at radius 3 is 2.68 bits per heavy atom. The Bertz CT molecular complexity index is 608. The highest BCUT2D eigenvalue weighted by Gasteiger charge is 2.11. The molecular formula is C16H17NO2. The summed E-state index contributed by atoms with van der Waals surface area (Å²) in [5.41, 5.74) is 10.2. The quantitative estimate of drug-likeness (QED) is 0.838. The van der Waals surface area contributed by atoms with Crippen molar-refractivity contribution in [3.8, 4) is 22.6 Å². The van der Waals surface area contributed by atoms with Crippen LogP contribution in [0.4, 0.5) is 5.69 Å². The third-order valence-corrected chi connectivity index (χ3v) is 3.47. The fourth-order valence-electron chi connectivity index (χ4n) is 2.45. The number of rotatable bonds is 2. The number of anilines is 1. The van der Waals surface area contributed by atoms with Crippen LogP contribution in [0.5, 0.6) is 11.5 Å². The van der Waals surface area contributed by atoms with Crippen molar-refractivity contribution in [2.45, 2.75) is 12.8 Å².